The summed E-state index contributed by atoms with van der Waals surface area (Å²) in [6, 6.07) is 13.0. The molecule has 0 spiro atoms. The zero-order valence-electron chi connectivity index (χ0n) is 18.2. The van der Waals surface area contributed by atoms with E-state index in [4.69, 9.17) is 0 Å². The molecule has 3 heterocycles. The molecular weight excluding hydrogens is 439 g/mol. The van der Waals surface area contributed by atoms with Crippen molar-refractivity contribution in [2.45, 2.75) is 6.92 Å². The number of hydrogen-bond acceptors (Lipinski definition) is 6. The van der Waals surface area contributed by atoms with Gasteiger partial charge < -0.3 is 9.80 Å². The fourth-order valence-electron chi connectivity index (χ4n) is 4.30. The first-order chi connectivity index (χ1) is 16.0. The Bertz CT molecular complexity index is 1280. The third-order valence-electron chi connectivity index (χ3n) is 6.11. The van der Waals surface area contributed by atoms with E-state index in [1.165, 1.54) is 0 Å². The summed E-state index contributed by atoms with van der Waals surface area (Å²) in [4.78, 5) is 32.6. The molecule has 0 atom stereocenters. The summed E-state index contributed by atoms with van der Waals surface area (Å²) >= 11 is 0.870. The lowest BCUT2D eigenvalue weighted by molar-refractivity contribution is -0.115. The summed E-state index contributed by atoms with van der Waals surface area (Å²) in [5.41, 5.74) is 3.74. The summed E-state index contributed by atoms with van der Waals surface area (Å²) in [7, 11) is 0. The molecule has 2 aliphatic rings. The van der Waals surface area contributed by atoms with Gasteiger partial charge in [0.2, 0.25) is 0 Å². The van der Waals surface area contributed by atoms with Crippen LogP contribution >= 0.6 is 11.8 Å². The number of pyridine rings is 1. The number of carbonyl (C=O) groups is 2. The van der Waals surface area contributed by atoms with Crippen molar-refractivity contribution in [2.75, 3.05) is 37.6 Å². The topological polar surface area (TPSA) is 65.5 Å². The molecule has 2 aromatic carbocycles. The quantitative estimate of drug-likeness (QED) is 0.576. The smallest absolute Gasteiger partial charge is 0.290 e. The predicted molar refractivity (Wildman–Crippen MR) is 131 cm³/mol. The lowest BCUT2D eigenvalue weighted by Crippen LogP contribution is -2.46. The first-order valence-corrected chi connectivity index (χ1v) is 11.7. The number of thioether (sulfide) groups is 1. The van der Waals surface area contributed by atoms with Crippen LogP contribution in [0, 0.1) is 5.82 Å². The van der Waals surface area contributed by atoms with E-state index < -0.39 is 5.91 Å². The number of rotatable bonds is 4. The minimum absolute atomic E-state index is 0.238. The van der Waals surface area contributed by atoms with Gasteiger partial charge in [0.15, 0.2) is 0 Å². The normalized spacial score (nSPS) is 18.4. The van der Waals surface area contributed by atoms with E-state index in [1.807, 2.05) is 36.4 Å². The molecule has 2 saturated heterocycles. The third kappa shape index (κ3) is 4.36. The molecule has 1 N–H and O–H groups in total. The van der Waals surface area contributed by atoms with Crippen molar-refractivity contribution in [2.24, 2.45) is 0 Å². The Labute approximate surface area is 195 Å². The Morgan fingerprint density at radius 1 is 1.12 bits per heavy atom. The number of imide groups is 1. The van der Waals surface area contributed by atoms with E-state index in [1.54, 1.807) is 18.3 Å². The number of anilines is 1. The number of halogens is 1. The number of amides is 2. The van der Waals surface area contributed by atoms with Gasteiger partial charge in [-0.3, -0.25) is 19.9 Å². The van der Waals surface area contributed by atoms with Gasteiger partial charge in [0.1, 0.15) is 5.82 Å². The number of hydrogen-bond donors (Lipinski definition) is 1. The van der Waals surface area contributed by atoms with Crippen molar-refractivity contribution >= 4 is 45.6 Å². The molecule has 0 bridgehead atoms. The van der Waals surface area contributed by atoms with Crippen molar-refractivity contribution in [1.29, 1.82) is 0 Å². The number of carbonyl (C=O) groups excluding carboxylic acids is 2. The monoisotopic (exact) mass is 462 g/mol. The SMILES string of the molecule is CCN1CCN(c2ccc(-c3cccc4ncc(C=C5SC(=O)NC5=O)cc34)cc2F)CC1. The van der Waals surface area contributed by atoms with Gasteiger partial charge in [0.25, 0.3) is 11.1 Å². The molecule has 8 heteroatoms. The molecule has 0 radical (unpaired) electrons. The predicted octanol–water partition coefficient (Wildman–Crippen LogP) is 4.51. The highest BCUT2D eigenvalue weighted by atomic mass is 32.2. The molecule has 0 aliphatic carbocycles. The average molecular weight is 463 g/mol. The van der Waals surface area contributed by atoms with Crippen LogP contribution in [0.4, 0.5) is 14.9 Å². The second-order valence-corrected chi connectivity index (χ2v) is 9.10. The Balaban J connectivity index is 1.48. The molecule has 6 nitrogen and oxygen atoms in total. The molecule has 2 fully saturated rings. The van der Waals surface area contributed by atoms with Gasteiger partial charge in [-0.15, -0.1) is 0 Å². The van der Waals surface area contributed by atoms with Gasteiger partial charge in [0.05, 0.1) is 16.1 Å². The lowest BCUT2D eigenvalue weighted by atomic mass is 9.99. The number of nitrogens with one attached hydrogen (secondary N) is 1. The molecule has 2 aliphatic heterocycles. The van der Waals surface area contributed by atoms with E-state index >= 15 is 4.39 Å². The number of likely N-dealkylation sites (N-methyl/N-ethyl adjacent to an activating group) is 1. The standard InChI is InChI=1S/C25H23FN4O2S/c1-2-29-8-10-30(11-9-29)22-7-6-17(14-20(22)26)18-4-3-5-21-19(18)12-16(15-27-21)13-23-24(31)28-25(32)33-23/h3-7,12-15H,2,8-11H2,1H3,(H,28,31,32). The zero-order valence-corrected chi connectivity index (χ0v) is 19.0. The van der Waals surface area contributed by atoms with E-state index in [9.17, 15) is 9.59 Å². The van der Waals surface area contributed by atoms with Crippen LogP contribution in [0.3, 0.4) is 0 Å². The van der Waals surface area contributed by atoms with Crippen LogP contribution in [0.5, 0.6) is 0 Å². The Hall–Kier alpha value is -3.23. The number of benzene rings is 2. The van der Waals surface area contributed by atoms with Crippen LogP contribution in [0.25, 0.3) is 28.1 Å². The summed E-state index contributed by atoms with van der Waals surface area (Å²) in [5.74, 6) is -0.644. The van der Waals surface area contributed by atoms with Gasteiger partial charge in [-0.2, -0.15) is 0 Å². The highest BCUT2D eigenvalue weighted by Gasteiger charge is 2.25. The fourth-order valence-corrected chi connectivity index (χ4v) is 4.99. The third-order valence-corrected chi connectivity index (χ3v) is 6.92. The Morgan fingerprint density at radius 3 is 2.64 bits per heavy atom. The van der Waals surface area contributed by atoms with E-state index in [0.717, 1.165) is 66.5 Å². The van der Waals surface area contributed by atoms with Crippen molar-refractivity contribution in [3.8, 4) is 11.1 Å². The van der Waals surface area contributed by atoms with Crippen molar-refractivity contribution in [1.82, 2.24) is 15.2 Å². The molecular formula is C25H23FN4O2S. The van der Waals surface area contributed by atoms with Crippen LogP contribution in [0.15, 0.2) is 53.6 Å². The van der Waals surface area contributed by atoms with Crippen LogP contribution < -0.4 is 10.2 Å². The minimum Gasteiger partial charge on any atom is -0.367 e. The Morgan fingerprint density at radius 2 is 1.94 bits per heavy atom. The summed E-state index contributed by atoms with van der Waals surface area (Å²) < 4.78 is 15.2. The molecule has 168 valence electrons. The number of aromatic nitrogens is 1. The molecule has 3 aromatic rings. The van der Waals surface area contributed by atoms with Crippen molar-refractivity contribution < 1.29 is 14.0 Å². The Kier molecular flexibility index (Phi) is 5.86. The number of fused-ring (bicyclic) bond motifs is 1. The fraction of sp³-hybridized carbons (Fsp3) is 0.240. The molecule has 0 unspecified atom stereocenters. The van der Waals surface area contributed by atoms with Gasteiger partial charge in [-0.25, -0.2) is 4.39 Å². The van der Waals surface area contributed by atoms with Crippen molar-refractivity contribution in [3.63, 3.8) is 0 Å². The van der Waals surface area contributed by atoms with Crippen LogP contribution in [-0.2, 0) is 4.79 Å². The van der Waals surface area contributed by atoms with Gasteiger partial charge >= 0.3 is 0 Å². The van der Waals surface area contributed by atoms with Gasteiger partial charge in [0, 0.05) is 37.8 Å². The lowest BCUT2D eigenvalue weighted by Gasteiger charge is -2.35. The molecule has 5 rings (SSSR count). The molecule has 0 saturated carbocycles. The van der Waals surface area contributed by atoms with Crippen LogP contribution in [0.1, 0.15) is 12.5 Å². The maximum atomic E-state index is 15.2. The molecule has 1 aromatic heterocycles. The van der Waals surface area contributed by atoms with Gasteiger partial charge in [-0.1, -0.05) is 25.1 Å². The number of piperazine rings is 1. The van der Waals surface area contributed by atoms with Crippen molar-refractivity contribution in [3.05, 3.63) is 64.9 Å². The second kappa shape index (κ2) is 8.96. The maximum Gasteiger partial charge on any atom is 0.290 e. The number of nitrogens with zero attached hydrogens (tertiary/aromatic N) is 3. The second-order valence-electron chi connectivity index (χ2n) is 8.08. The maximum absolute atomic E-state index is 15.2. The minimum atomic E-state index is -0.407. The molecule has 33 heavy (non-hydrogen) atoms. The van der Waals surface area contributed by atoms with E-state index in [-0.39, 0.29) is 11.1 Å². The van der Waals surface area contributed by atoms with E-state index in [0.29, 0.717) is 16.2 Å². The van der Waals surface area contributed by atoms with Gasteiger partial charge in [-0.05, 0) is 65.3 Å². The average Bonchev–Trinajstić information content (AvgIpc) is 3.15. The van der Waals surface area contributed by atoms with E-state index in [2.05, 4.69) is 27.0 Å². The largest absolute Gasteiger partial charge is 0.367 e. The van der Waals surface area contributed by atoms with Crippen LogP contribution in [-0.4, -0.2) is 53.8 Å². The molecule has 2 amide bonds. The zero-order chi connectivity index (χ0) is 22.9. The highest BCUT2D eigenvalue weighted by molar-refractivity contribution is 8.18. The highest BCUT2D eigenvalue weighted by Crippen LogP contribution is 2.33. The summed E-state index contributed by atoms with van der Waals surface area (Å²) in [6.45, 7) is 6.66. The summed E-state index contributed by atoms with van der Waals surface area (Å²) in [6.07, 6.45) is 3.31. The first-order valence-electron chi connectivity index (χ1n) is 10.9. The summed E-state index contributed by atoms with van der Waals surface area (Å²) in [5, 5.41) is 2.72. The van der Waals surface area contributed by atoms with Crippen LogP contribution in [0.2, 0.25) is 0 Å². The first kappa shape index (κ1) is 21.6.